The summed E-state index contributed by atoms with van der Waals surface area (Å²) < 4.78 is 0.930. The van der Waals surface area contributed by atoms with Gasteiger partial charge in [0, 0.05) is 9.86 Å². The Kier molecular flexibility index (Phi) is 4.01. The quantitative estimate of drug-likeness (QED) is 0.813. The van der Waals surface area contributed by atoms with E-state index in [9.17, 15) is 9.59 Å². The third-order valence-corrected chi connectivity index (χ3v) is 3.21. The summed E-state index contributed by atoms with van der Waals surface area (Å²) in [5.74, 6) is -1.09. The van der Waals surface area contributed by atoms with Crippen LogP contribution < -0.4 is 10.6 Å². The molecule has 0 aliphatic rings. The van der Waals surface area contributed by atoms with Crippen molar-refractivity contribution in [1.82, 2.24) is 5.32 Å². The van der Waals surface area contributed by atoms with Crippen LogP contribution in [0.2, 0.25) is 0 Å². The first-order valence-electron chi connectivity index (χ1n) is 5.52. The Labute approximate surface area is 117 Å². The Bertz CT molecular complexity index is 643. The fraction of sp³-hybridized carbons (Fsp3) is 0.0769. The van der Waals surface area contributed by atoms with E-state index in [-0.39, 0.29) is 0 Å². The van der Waals surface area contributed by atoms with E-state index in [1.807, 2.05) is 30.3 Å². The molecule has 2 aromatic rings. The average molecular weight is 323 g/mol. The Morgan fingerprint density at radius 2 is 1.79 bits per heavy atom. The van der Waals surface area contributed by atoms with Gasteiger partial charge in [-0.1, -0.05) is 40.2 Å². The lowest BCUT2D eigenvalue weighted by Crippen LogP contribution is -2.33. The van der Waals surface area contributed by atoms with Crippen LogP contribution in [-0.2, 0) is 4.79 Å². The average Bonchev–Trinajstić information content (AvgIpc) is 2.40. The highest BCUT2D eigenvalue weighted by atomic mass is 79.9. The van der Waals surface area contributed by atoms with Crippen molar-refractivity contribution in [1.29, 1.82) is 0 Å². The highest BCUT2D eigenvalue weighted by molar-refractivity contribution is 9.10. The number of hydrogen-bond acceptors (Lipinski definition) is 2. The van der Waals surface area contributed by atoms with Gasteiger partial charge in [0.1, 0.15) is 6.54 Å². The number of carboxylic acids is 1. The first kappa shape index (κ1) is 13.4. The minimum Gasteiger partial charge on any atom is -0.480 e. The molecule has 2 aromatic carbocycles. The lowest BCUT2D eigenvalue weighted by atomic mass is 10.1. The van der Waals surface area contributed by atoms with Gasteiger partial charge < -0.3 is 15.7 Å². The summed E-state index contributed by atoms with van der Waals surface area (Å²) in [6.07, 6.45) is 0. The van der Waals surface area contributed by atoms with Crippen LogP contribution in [0.1, 0.15) is 0 Å². The zero-order valence-electron chi connectivity index (χ0n) is 9.81. The minimum atomic E-state index is -1.09. The molecule has 0 spiro atoms. The first-order valence-corrected chi connectivity index (χ1v) is 6.31. The maximum Gasteiger partial charge on any atom is 0.323 e. The number of urea groups is 1. The number of amides is 2. The molecule has 0 saturated carbocycles. The lowest BCUT2D eigenvalue weighted by molar-refractivity contribution is -0.135. The van der Waals surface area contributed by atoms with Crippen LogP contribution in [0.3, 0.4) is 0 Å². The Morgan fingerprint density at radius 1 is 1.11 bits per heavy atom. The van der Waals surface area contributed by atoms with Gasteiger partial charge in [-0.2, -0.15) is 0 Å². The van der Waals surface area contributed by atoms with Gasteiger partial charge in [0.25, 0.3) is 0 Å². The van der Waals surface area contributed by atoms with Gasteiger partial charge in [0.2, 0.25) is 0 Å². The molecule has 0 saturated heterocycles. The van der Waals surface area contributed by atoms with Gasteiger partial charge in [-0.05, 0) is 17.5 Å². The van der Waals surface area contributed by atoms with E-state index in [2.05, 4.69) is 26.6 Å². The minimum absolute atomic E-state index is 0.416. The molecule has 0 atom stereocenters. The van der Waals surface area contributed by atoms with E-state index in [1.165, 1.54) is 0 Å². The number of rotatable bonds is 3. The molecule has 0 bridgehead atoms. The molecule has 0 unspecified atom stereocenters. The number of benzene rings is 2. The van der Waals surface area contributed by atoms with E-state index in [0.29, 0.717) is 5.69 Å². The summed E-state index contributed by atoms with van der Waals surface area (Å²) in [7, 11) is 0. The summed E-state index contributed by atoms with van der Waals surface area (Å²) in [6, 6.07) is 10.6. The molecule has 0 heterocycles. The van der Waals surface area contributed by atoms with Crippen molar-refractivity contribution in [2.75, 3.05) is 11.9 Å². The standard InChI is InChI=1S/C13H11BrN2O3/c14-10-5-6-11(9-4-2-1-3-8(9)10)16-13(19)15-7-12(17)18/h1-6H,7H2,(H,17,18)(H2,15,16,19). The number of aliphatic carboxylic acids is 1. The van der Waals surface area contributed by atoms with Crippen molar-refractivity contribution < 1.29 is 14.7 Å². The Balaban J connectivity index is 2.24. The van der Waals surface area contributed by atoms with Crippen LogP contribution >= 0.6 is 15.9 Å². The van der Waals surface area contributed by atoms with Crippen LogP contribution in [-0.4, -0.2) is 23.7 Å². The maximum atomic E-state index is 11.5. The number of halogens is 1. The van der Waals surface area contributed by atoms with E-state index in [1.54, 1.807) is 6.07 Å². The van der Waals surface area contributed by atoms with Gasteiger partial charge in [-0.15, -0.1) is 0 Å². The highest BCUT2D eigenvalue weighted by Gasteiger charge is 2.08. The molecule has 5 nitrogen and oxygen atoms in total. The summed E-state index contributed by atoms with van der Waals surface area (Å²) in [4.78, 5) is 21.9. The van der Waals surface area contributed by atoms with Crippen LogP contribution in [0.4, 0.5) is 10.5 Å². The van der Waals surface area contributed by atoms with Crippen molar-refractivity contribution in [3.05, 3.63) is 40.9 Å². The van der Waals surface area contributed by atoms with Gasteiger partial charge in [0.05, 0.1) is 5.69 Å². The SMILES string of the molecule is O=C(O)CNC(=O)Nc1ccc(Br)c2ccccc12. The van der Waals surface area contributed by atoms with Crippen molar-refractivity contribution in [2.45, 2.75) is 0 Å². The molecular formula is C13H11BrN2O3. The molecule has 19 heavy (non-hydrogen) atoms. The topological polar surface area (TPSA) is 78.4 Å². The van der Waals surface area contributed by atoms with Crippen LogP contribution in [0.15, 0.2) is 40.9 Å². The number of carbonyl (C=O) groups is 2. The van der Waals surface area contributed by atoms with Gasteiger partial charge in [-0.3, -0.25) is 4.79 Å². The van der Waals surface area contributed by atoms with Crippen LogP contribution in [0, 0.1) is 0 Å². The number of carboxylic acid groups (broad SMARTS) is 1. The second-order valence-electron chi connectivity index (χ2n) is 3.84. The predicted molar refractivity (Wildman–Crippen MR) is 76.3 cm³/mol. The smallest absolute Gasteiger partial charge is 0.323 e. The summed E-state index contributed by atoms with van der Waals surface area (Å²) in [5.41, 5.74) is 0.627. The molecule has 2 amide bonds. The molecule has 0 aliphatic carbocycles. The Morgan fingerprint density at radius 3 is 2.47 bits per heavy atom. The molecule has 0 aliphatic heterocycles. The van der Waals surface area contributed by atoms with Crippen molar-refractivity contribution in [3.63, 3.8) is 0 Å². The number of hydrogen-bond donors (Lipinski definition) is 3. The second-order valence-corrected chi connectivity index (χ2v) is 4.70. The second kappa shape index (κ2) is 5.71. The molecule has 3 N–H and O–H groups in total. The molecule has 0 fully saturated rings. The van der Waals surface area contributed by atoms with Crippen molar-refractivity contribution >= 4 is 44.4 Å². The molecular weight excluding hydrogens is 312 g/mol. The van der Waals surface area contributed by atoms with Crippen LogP contribution in [0.5, 0.6) is 0 Å². The fourth-order valence-corrected chi connectivity index (χ4v) is 2.17. The zero-order chi connectivity index (χ0) is 13.8. The number of fused-ring (bicyclic) bond motifs is 1. The lowest BCUT2D eigenvalue weighted by Gasteiger charge is -2.10. The molecule has 98 valence electrons. The van der Waals surface area contributed by atoms with Crippen molar-refractivity contribution in [3.8, 4) is 0 Å². The number of carbonyl (C=O) groups excluding carboxylic acids is 1. The fourth-order valence-electron chi connectivity index (χ4n) is 1.69. The van der Waals surface area contributed by atoms with E-state index in [4.69, 9.17) is 5.11 Å². The van der Waals surface area contributed by atoms with Gasteiger partial charge >= 0.3 is 12.0 Å². The molecule has 2 rings (SSSR count). The summed E-state index contributed by atoms with van der Waals surface area (Å²) in [6.45, 7) is -0.416. The molecule has 0 radical (unpaired) electrons. The molecule has 6 heteroatoms. The van der Waals surface area contributed by atoms with E-state index in [0.717, 1.165) is 15.2 Å². The maximum absolute atomic E-state index is 11.5. The monoisotopic (exact) mass is 322 g/mol. The first-order chi connectivity index (χ1) is 9.08. The highest BCUT2D eigenvalue weighted by Crippen LogP contribution is 2.29. The third kappa shape index (κ3) is 3.23. The largest absolute Gasteiger partial charge is 0.480 e. The van der Waals surface area contributed by atoms with Crippen molar-refractivity contribution in [2.24, 2.45) is 0 Å². The summed E-state index contributed by atoms with van der Waals surface area (Å²) in [5, 5.41) is 15.2. The van der Waals surface area contributed by atoms with E-state index < -0.39 is 18.5 Å². The third-order valence-electron chi connectivity index (χ3n) is 2.52. The summed E-state index contributed by atoms with van der Waals surface area (Å²) >= 11 is 3.44. The predicted octanol–water partition coefficient (Wildman–Crippen LogP) is 2.81. The molecule has 0 aromatic heterocycles. The van der Waals surface area contributed by atoms with E-state index >= 15 is 0 Å². The zero-order valence-corrected chi connectivity index (χ0v) is 11.4. The number of nitrogens with one attached hydrogen (secondary N) is 2. The Hall–Kier alpha value is -2.08. The van der Waals surface area contributed by atoms with Crippen LogP contribution in [0.25, 0.3) is 10.8 Å². The number of anilines is 1. The van der Waals surface area contributed by atoms with Gasteiger partial charge in [-0.25, -0.2) is 4.79 Å². The van der Waals surface area contributed by atoms with Gasteiger partial charge in [0.15, 0.2) is 0 Å². The normalized spacial score (nSPS) is 10.2.